The molecule has 29 heavy (non-hydrogen) atoms. The fourth-order valence-corrected chi connectivity index (χ4v) is 4.43. The Kier molecular flexibility index (Phi) is 5.12. The highest BCUT2D eigenvalue weighted by Gasteiger charge is 2.17. The average molecular weight is 443 g/mol. The fourth-order valence-electron chi connectivity index (χ4n) is 2.93. The van der Waals surface area contributed by atoms with Crippen LogP contribution >= 0.6 is 22.9 Å². The Hall–Kier alpha value is -2.74. The number of aromatic nitrogens is 1. The molecule has 8 heteroatoms. The minimum Gasteiger partial charge on any atom is -0.321 e. The Morgan fingerprint density at radius 3 is 2.59 bits per heavy atom. The van der Waals surface area contributed by atoms with Gasteiger partial charge < -0.3 is 5.32 Å². The van der Waals surface area contributed by atoms with Crippen LogP contribution in [0.25, 0.3) is 21.5 Å². The van der Waals surface area contributed by atoms with E-state index in [1.807, 2.05) is 41.8 Å². The zero-order valence-electron chi connectivity index (χ0n) is 15.2. The number of fused-ring (bicyclic) bond motifs is 1. The van der Waals surface area contributed by atoms with E-state index in [9.17, 15) is 13.2 Å². The topological polar surface area (TPSA) is 76.1 Å². The molecule has 0 aliphatic heterocycles. The molecule has 0 aliphatic rings. The second kappa shape index (κ2) is 7.59. The fraction of sp³-hybridized carbons (Fsp3) is 0.0476. The van der Waals surface area contributed by atoms with Crippen LogP contribution in [-0.4, -0.2) is 25.6 Å². The van der Waals surface area contributed by atoms with Gasteiger partial charge in [0.2, 0.25) is 0 Å². The summed E-state index contributed by atoms with van der Waals surface area (Å²) >= 11 is 7.72. The van der Waals surface area contributed by atoms with E-state index in [1.165, 1.54) is 29.5 Å². The Labute approximate surface area is 176 Å². The highest BCUT2D eigenvalue weighted by molar-refractivity contribution is 7.90. The first-order valence-corrected chi connectivity index (χ1v) is 11.7. The molecule has 2 heterocycles. The predicted molar refractivity (Wildman–Crippen MR) is 118 cm³/mol. The minimum absolute atomic E-state index is 0.0797. The summed E-state index contributed by atoms with van der Waals surface area (Å²) < 4.78 is 23.7. The van der Waals surface area contributed by atoms with Crippen LogP contribution in [0.15, 0.2) is 70.9 Å². The Morgan fingerprint density at radius 2 is 1.86 bits per heavy atom. The van der Waals surface area contributed by atoms with Gasteiger partial charge in [-0.05, 0) is 41.8 Å². The lowest BCUT2D eigenvalue weighted by molar-refractivity contribution is 0.102. The van der Waals surface area contributed by atoms with Crippen molar-refractivity contribution in [1.82, 2.24) is 4.98 Å². The lowest BCUT2D eigenvalue weighted by Crippen LogP contribution is -2.14. The molecular weight excluding hydrogens is 428 g/mol. The molecule has 1 N–H and O–H groups in total. The second-order valence-electron chi connectivity index (χ2n) is 6.42. The quantitative estimate of drug-likeness (QED) is 0.467. The summed E-state index contributed by atoms with van der Waals surface area (Å²) in [5.74, 6) is -0.394. The first-order chi connectivity index (χ1) is 13.8. The number of nitrogens with zero attached hydrogens (tertiary/aromatic N) is 1. The van der Waals surface area contributed by atoms with Crippen LogP contribution in [-0.2, 0) is 9.84 Å². The van der Waals surface area contributed by atoms with Gasteiger partial charge in [0, 0.05) is 11.6 Å². The molecular formula is C21H15ClN2O3S2. The summed E-state index contributed by atoms with van der Waals surface area (Å²) in [6, 6.07) is 17.2. The van der Waals surface area contributed by atoms with Crippen molar-refractivity contribution in [3.05, 3.63) is 76.6 Å². The SMILES string of the molecule is CS(=O)(=O)c1ccc(Cl)c(NC(=O)c2cc(-c3cccs3)nc3ccccc23)c1. The van der Waals surface area contributed by atoms with Crippen LogP contribution < -0.4 is 5.32 Å². The minimum atomic E-state index is -3.43. The maximum absolute atomic E-state index is 13.1. The summed E-state index contributed by atoms with van der Waals surface area (Å²) in [5.41, 5.74) is 2.05. The Morgan fingerprint density at radius 1 is 1.07 bits per heavy atom. The van der Waals surface area contributed by atoms with Gasteiger partial charge in [-0.1, -0.05) is 35.9 Å². The van der Waals surface area contributed by atoms with Crippen molar-refractivity contribution in [2.75, 3.05) is 11.6 Å². The summed E-state index contributed by atoms with van der Waals surface area (Å²) in [5, 5.41) is 5.64. The maximum atomic E-state index is 13.1. The zero-order chi connectivity index (χ0) is 20.6. The zero-order valence-corrected chi connectivity index (χ0v) is 17.6. The van der Waals surface area contributed by atoms with Crippen LogP contribution in [0.4, 0.5) is 5.69 Å². The van der Waals surface area contributed by atoms with Gasteiger partial charge >= 0.3 is 0 Å². The molecule has 4 aromatic rings. The van der Waals surface area contributed by atoms with Gasteiger partial charge in [0.25, 0.3) is 5.91 Å². The summed E-state index contributed by atoms with van der Waals surface area (Å²) in [6.07, 6.45) is 1.10. The molecule has 0 radical (unpaired) electrons. The standard InChI is InChI=1S/C21H15ClN2O3S2/c1-29(26,27)13-8-9-16(22)18(11-13)24-21(25)15-12-19(20-7-4-10-28-20)23-17-6-3-2-5-14(15)17/h2-12H,1H3,(H,24,25). The van der Waals surface area contributed by atoms with E-state index in [0.717, 1.165) is 11.1 Å². The summed E-state index contributed by atoms with van der Waals surface area (Å²) in [7, 11) is -3.43. The Bertz CT molecular complexity index is 1330. The van der Waals surface area contributed by atoms with Gasteiger partial charge in [-0.15, -0.1) is 11.3 Å². The molecule has 5 nitrogen and oxygen atoms in total. The number of carbonyl (C=O) groups excluding carboxylic acids is 1. The number of benzene rings is 2. The second-order valence-corrected chi connectivity index (χ2v) is 9.79. The molecule has 0 saturated heterocycles. The van der Waals surface area contributed by atoms with Crippen molar-refractivity contribution in [1.29, 1.82) is 0 Å². The number of sulfone groups is 1. The Balaban J connectivity index is 1.80. The van der Waals surface area contributed by atoms with E-state index >= 15 is 0 Å². The molecule has 0 unspecified atom stereocenters. The molecule has 2 aromatic carbocycles. The number of halogens is 1. The normalized spacial score (nSPS) is 11.5. The van der Waals surface area contributed by atoms with E-state index in [0.29, 0.717) is 22.2 Å². The number of para-hydroxylation sites is 1. The molecule has 1 amide bonds. The molecule has 0 atom stereocenters. The van der Waals surface area contributed by atoms with E-state index in [-0.39, 0.29) is 15.6 Å². The van der Waals surface area contributed by atoms with Crippen molar-refractivity contribution in [3.8, 4) is 10.6 Å². The average Bonchev–Trinajstić information content (AvgIpc) is 3.22. The van der Waals surface area contributed by atoms with Crippen molar-refractivity contribution >= 4 is 55.3 Å². The van der Waals surface area contributed by atoms with E-state index in [2.05, 4.69) is 10.3 Å². The molecule has 4 rings (SSSR count). The highest BCUT2D eigenvalue weighted by atomic mass is 35.5. The van der Waals surface area contributed by atoms with Gasteiger partial charge in [0.15, 0.2) is 9.84 Å². The number of carbonyl (C=O) groups is 1. The third-order valence-corrected chi connectivity index (χ3v) is 6.68. The van der Waals surface area contributed by atoms with Crippen molar-refractivity contribution in [3.63, 3.8) is 0 Å². The van der Waals surface area contributed by atoms with Crippen molar-refractivity contribution < 1.29 is 13.2 Å². The largest absolute Gasteiger partial charge is 0.321 e. The van der Waals surface area contributed by atoms with E-state index in [1.54, 1.807) is 6.07 Å². The number of anilines is 1. The van der Waals surface area contributed by atoms with E-state index in [4.69, 9.17) is 11.6 Å². The van der Waals surface area contributed by atoms with Crippen molar-refractivity contribution in [2.45, 2.75) is 4.90 Å². The van der Waals surface area contributed by atoms with Crippen LogP contribution in [0.1, 0.15) is 10.4 Å². The first-order valence-electron chi connectivity index (χ1n) is 8.57. The number of amides is 1. The number of rotatable bonds is 4. The van der Waals surface area contributed by atoms with Gasteiger partial charge in [0.1, 0.15) is 0 Å². The molecule has 0 bridgehead atoms. The van der Waals surface area contributed by atoms with Gasteiger partial charge in [-0.3, -0.25) is 4.79 Å². The molecule has 146 valence electrons. The number of hydrogen-bond acceptors (Lipinski definition) is 5. The summed E-state index contributed by atoms with van der Waals surface area (Å²) in [4.78, 5) is 18.8. The molecule has 2 aromatic heterocycles. The number of nitrogens with one attached hydrogen (secondary N) is 1. The number of thiophene rings is 1. The molecule has 0 saturated carbocycles. The van der Waals surface area contributed by atoms with Gasteiger partial charge in [0.05, 0.1) is 37.3 Å². The lowest BCUT2D eigenvalue weighted by Gasteiger charge is -2.12. The monoisotopic (exact) mass is 442 g/mol. The molecule has 0 spiro atoms. The van der Waals surface area contributed by atoms with Crippen LogP contribution in [0.3, 0.4) is 0 Å². The maximum Gasteiger partial charge on any atom is 0.256 e. The van der Waals surface area contributed by atoms with Crippen LogP contribution in [0, 0.1) is 0 Å². The number of hydrogen-bond donors (Lipinski definition) is 1. The van der Waals surface area contributed by atoms with Crippen LogP contribution in [0.2, 0.25) is 5.02 Å². The number of pyridine rings is 1. The third-order valence-electron chi connectivity index (χ3n) is 4.35. The van der Waals surface area contributed by atoms with Crippen molar-refractivity contribution in [2.24, 2.45) is 0 Å². The van der Waals surface area contributed by atoms with E-state index < -0.39 is 15.7 Å². The highest BCUT2D eigenvalue weighted by Crippen LogP contribution is 2.30. The smallest absolute Gasteiger partial charge is 0.256 e. The molecule has 0 aliphatic carbocycles. The van der Waals surface area contributed by atoms with Crippen LogP contribution in [0.5, 0.6) is 0 Å². The third kappa shape index (κ3) is 4.03. The predicted octanol–water partition coefficient (Wildman–Crippen LogP) is 5.27. The van der Waals surface area contributed by atoms with Gasteiger partial charge in [-0.25, -0.2) is 13.4 Å². The lowest BCUT2D eigenvalue weighted by atomic mass is 10.1. The molecule has 0 fully saturated rings. The van der Waals surface area contributed by atoms with Gasteiger partial charge in [-0.2, -0.15) is 0 Å². The summed E-state index contributed by atoms with van der Waals surface area (Å²) in [6.45, 7) is 0. The first kappa shape index (κ1) is 19.6.